The second kappa shape index (κ2) is 42.4. The van der Waals surface area contributed by atoms with Crippen LogP contribution in [0.3, 0.4) is 0 Å². The molecule has 0 rings (SSSR count). The summed E-state index contributed by atoms with van der Waals surface area (Å²) in [5.74, 6) is 0. The van der Waals surface area contributed by atoms with Crippen LogP contribution in [0.25, 0.3) is 0 Å². The first-order valence-corrected chi connectivity index (χ1v) is 0. The van der Waals surface area contributed by atoms with E-state index < -0.39 is 0 Å². The van der Waals surface area contributed by atoms with Crippen molar-refractivity contribution in [3.8, 4) is 0 Å². The largest absolute Gasteiger partial charge is 1.00 e. The molecule has 0 amide bonds. The monoisotopic (exact) mass is 152 g/mol. The van der Waals surface area contributed by atoms with E-state index >= 15 is 0 Å². The molecule has 0 radical (unpaired) electrons. The SMILES string of the molecule is O.O.O.O.[H-].[H-].[K+].[K+]. The first-order chi connectivity index (χ1) is 0. The molecule has 0 aliphatic carbocycles. The summed E-state index contributed by atoms with van der Waals surface area (Å²) < 4.78 is 0. The maximum atomic E-state index is 0. The number of hydrogen-bond donors (Lipinski definition) is 0. The predicted octanol–water partition coefficient (Wildman–Crippen LogP) is -9.07. The molecule has 0 atom stereocenters. The second-order valence-electron chi connectivity index (χ2n) is 0. The molecule has 0 aromatic heterocycles. The first kappa shape index (κ1) is 61.9. The van der Waals surface area contributed by atoms with Crippen LogP contribution in [-0.4, -0.2) is 21.9 Å². The Bertz CT molecular complexity index is 12.0. The molecule has 0 heterocycles. The van der Waals surface area contributed by atoms with Gasteiger partial charge in [0.15, 0.2) is 0 Å². The third kappa shape index (κ3) is 27.4. The molecule has 0 aliphatic heterocycles. The normalized spacial score (nSPS) is 0. The van der Waals surface area contributed by atoms with Gasteiger partial charge >= 0.3 is 103 Å². The number of rotatable bonds is 0. The smallest absolute Gasteiger partial charge is 1.00 e. The van der Waals surface area contributed by atoms with Crippen molar-refractivity contribution in [2.75, 3.05) is 0 Å². The summed E-state index contributed by atoms with van der Waals surface area (Å²) >= 11 is 0. The molecular formula is H10K2O4. The van der Waals surface area contributed by atoms with Crippen LogP contribution in [0, 0.1) is 0 Å². The third-order valence-corrected chi connectivity index (χ3v) is 0. The van der Waals surface area contributed by atoms with Crippen molar-refractivity contribution in [2.24, 2.45) is 0 Å². The molecule has 0 saturated heterocycles. The van der Waals surface area contributed by atoms with Crippen LogP contribution in [0.2, 0.25) is 0 Å². The summed E-state index contributed by atoms with van der Waals surface area (Å²) in [6.07, 6.45) is 0. The maximum Gasteiger partial charge on any atom is 1.00 e. The summed E-state index contributed by atoms with van der Waals surface area (Å²) in [6.45, 7) is 0. The van der Waals surface area contributed by atoms with Gasteiger partial charge in [0, 0.05) is 0 Å². The van der Waals surface area contributed by atoms with Gasteiger partial charge in [-0.05, 0) is 0 Å². The topological polar surface area (TPSA) is 126 Å². The Morgan fingerprint density at radius 3 is 0.500 bits per heavy atom. The van der Waals surface area contributed by atoms with Gasteiger partial charge in [0.25, 0.3) is 0 Å². The van der Waals surface area contributed by atoms with E-state index in [-0.39, 0.29) is 128 Å². The van der Waals surface area contributed by atoms with Gasteiger partial charge in [-0.15, -0.1) is 0 Å². The molecule has 6 heteroatoms. The van der Waals surface area contributed by atoms with Gasteiger partial charge in [0.05, 0.1) is 0 Å². The van der Waals surface area contributed by atoms with Gasteiger partial charge in [-0.2, -0.15) is 0 Å². The average molecular weight is 152 g/mol. The Morgan fingerprint density at radius 1 is 0.500 bits per heavy atom. The zero-order valence-electron chi connectivity index (χ0n) is 6.00. The van der Waals surface area contributed by atoms with E-state index in [9.17, 15) is 0 Å². The number of hydrogen-bond acceptors (Lipinski definition) is 0. The maximum absolute atomic E-state index is 0. The van der Waals surface area contributed by atoms with E-state index in [1.54, 1.807) is 0 Å². The van der Waals surface area contributed by atoms with Crippen molar-refractivity contribution in [3.63, 3.8) is 0 Å². The van der Waals surface area contributed by atoms with Gasteiger partial charge in [0.2, 0.25) is 0 Å². The molecule has 6 heavy (non-hydrogen) atoms. The molecule has 0 bridgehead atoms. The van der Waals surface area contributed by atoms with E-state index in [4.69, 9.17) is 0 Å². The van der Waals surface area contributed by atoms with Crippen LogP contribution in [0.5, 0.6) is 0 Å². The molecule has 0 spiro atoms. The molecule has 0 fully saturated rings. The zero-order chi connectivity index (χ0) is 0. The quantitative estimate of drug-likeness (QED) is 0.306. The molecule has 0 unspecified atom stereocenters. The van der Waals surface area contributed by atoms with Crippen molar-refractivity contribution in [1.29, 1.82) is 0 Å². The summed E-state index contributed by atoms with van der Waals surface area (Å²) in [7, 11) is 0. The minimum Gasteiger partial charge on any atom is -1.00 e. The first-order valence-electron chi connectivity index (χ1n) is 0. The van der Waals surface area contributed by atoms with Crippen molar-refractivity contribution >= 4 is 0 Å². The zero-order valence-corrected chi connectivity index (χ0v) is 10.2. The Morgan fingerprint density at radius 2 is 0.500 bits per heavy atom. The Hall–Kier alpha value is 3.11. The molecule has 0 aliphatic rings. The minimum atomic E-state index is 0. The van der Waals surface area contributed by atoms with Crippen LogP contribution in [-0.2, 0) is 0 Å². The second-order valence-corrected chi connectivity index (χ2v) is 0. The third-order valence-electron chi connectivity index (χ3n) is 0. The van der Waals surface area contributed by atoms with Gasteiger partial charge in [-0.1, -0.05) is 0 Å². The van der Waals surface area contributed by atoms with Gasteiger partial charge in [-0.25, -0.2) is 0 Å². The summed E-state index contributed by atoms with van der Waals surface area (Å²) in [4.78, 5) is 0. The fourth-order valence-electron chi connectivity index (χ4n) is 0. The molecule has 0 aromatic carbocycles. The summed E-state index contributed by atoms with van der Waals surface area (Å²) in [6, 6.07) is 0. The molecule has 4 nitrogen and oxygen atoms in total. The van der Waals surface area contributed by atoms with E-state index in [0.717, 1.165) is 0 Å². The molecule has 0 saturated carbocycles. The van der Waals surface area contributed by atoms with Crippen LogP contribution >= 0.6 is 0 Å². The van der Waals surface area contributed by atoms with E-state index in [2.05, 4.69) is 0 Å². The van der Waals surface area contributed by atoms with Crippen molar-refractivity contribution in [2.45, 2.75) is 0 Å². The van der Waals surface area contributed by atoms with Gasteiger partial charge < -0.3 is 24.8 Å². The van der Waals surface area contributed by atoms with Crippen LogP contribution in [0.4, 0.5) is 0 Å². The predicted molar refractivity (Wildman–Crippen MR) is 16.7 cm³/mol. The Labute approximate surface area is 124 Å². The fourth-order valence-corrected chi connectivity index (χ4v) is 0. The fraction of sp³-hybridized carbons (Fsp3) is 0. The summed E-state index contributed by atoms with van der Waals surface area (Å²) in [5.41, 5.74) is 0. The van der Waals surface area contributed by atoms with E-state index in [1.165, 1.54) is 0 Å². The van der Waals surface area contributed by atoms with Crippen molar-refractivity contribution < 1.29 is 128 Å². The van der Waals surface area contributed by atoms with Crippen molar-refractivity contribution in [3.05, 3.63) is 0 Å². The average Bonchev–Trinajstić information content (AvgIpc) is 0. The standard InChI is InChI=1S/2K.4H2O.2H/h;;4*1H2;;/q2*+1;;;;;2*-1. The minimum absolute atomic E-state index is 0. The van der Waals surface area contributed by atoms with Crippen LogP contribution in [0.15, 0.2) is 0 Å². The molecule has 36 valence electrons. The van der Waals surface area contributed by atoms with Crippen molar-refractivity contribution in [1.82, 2.24) is 0 Å². The van der Waals surface area contributed by atoms with Gasteiger partial charge in [-0.3, -0.25) is 0 Å². The Balaban J connectivity index is 0. The molecule has 8 N–H and O–H groups in total. The molecular weight excluding hydrogens is 142 g/mol. The Kier molecular flexibility index (Phi) is 437. The van der Waals surface area contributed by atoms with E-state index in [0.29, 0.717) is 0 Å². The van der Waals surface area contributed by atoms with E-state index in [1.807, 2.05) is 0 Å². The van der Waals surface area contributed by atoms with Gasteiger partial charge in [0.1, 0.15) is 0 Å². The molecule has 0 aromatic rings. The summed E-state index contributed by atoms with van der Waals surface area (Å²) in [5, 5.41) is 0. The van der Waals surface area contributed by atoms with Crippen LogP contribution in [0.1, 0.15) is 2.85 Å². The van der Waals surface area contributed by atoms with Crippen LogP contribution < -0.4 is 103 Å².